The van der Waals surface area contributed by atoms with E-state index in [0.29, 0.717) is 11.8 Å². The number of fused-ring (bicyclic) bond motifs is 1. The van der Waals surface area contributed by atoms with Gasteiger partial charge in [-0.1, -0.05) is 12.1 Å². The molecule has 0 radical (unpaired) electrons. The summed E-state index contributed by atoms with van der Waals surface area (Å²) in [4.78, 5) is 64.3. The third-order valence-electron chi connectivity index (χ3n) is 4.49. The van der Waals surface area contributed by atoms with Crippen molar-refractivity contribution in [3.8, 4) is 0 Å². The molecule has 1 aromatic carbocycles. The SMILES string of the molecule is CC(=O)C(CCC=O)N1C(=O)c2cccc(CN(C)C(=O)N(C)C)c2C1=O. The second kappa shape index (κ2) is 8.11. The number of rotatable bonds is 7. The van der Waals surface area contributed by atoms with Crippen LogP contribution in [-0.2, 0) is 16.1 Å². The Balaban J connectivity index is 2.39. The van der Waals surface area contributed by atoms with Crippen molar-refractivity contribution < 1.29 is 24.0 Å². The Labute approximate surface area is 157 Å². The van der Waals surface area contributed by atoms with E-state index >= 15 is 0 Å². The van der Waals surface area contributed by atoms with E-state index in [0.717, 1.165) is 4.90 Å². The van der Waals surface area contributed by atoms with Crippen LogP contribution in [0.2, 0.25) is 0 Å². The number of ketones is 1. The van der Waals surface area contributed by atoms with E-state index in [4.69, 9.17) is 0 Å². The number of hydrogen-bond donors (Lipinski definition) is 0. The van der Waals surface area contributed by atoms with Gasteiger partial charge in [0, 0.05) is 34.1 Å². The van der Waals surface area contributed by atoms with Crippen LogP contribution in [0.1, 0.15) is 46.0 Å². The fraction of sp³-hybridized carbons (Fsp3) is 0.421. The number of urea groups is 1. The van der Waals surface area contributed by atoms with Crippen molar-refractivity contribution in [3.63, 3.8) is 0 Å². The van der Waals surface area contributed by atoms with Crippen LogP contribution in [0.4, 0.5) is 4.79 Å². The molecule has 0 saturated heterocycles. The van der Waals surface area contributed by atoms with Crippen molar-refractivity contribution >= 4 is 29.9 Å². The number of carbonyl (C=O) groups is 5. The maximum absolute atomic E-state index is 13.0. The minimum absolute atomic E-state index is 0.0740. The predicted molar refractivity (Wildman–Crippen MR) is 97.3 cm³/mol. The van der Waals surface area contributed by atoms with Crippen molar-refractivity contribution in [1.82, 2.24) is 14.7 Å². The number of carbonyl (C=O) groups excluding carboxylic acids is 5. The minimum atomic E-state index is -0.975. The summed E-state index contributed by atoms with van der Waals surface area (Å²) >= 11 is 0. The Morgan fingerprint density at radius 2 is 1.81 bits per heavy atom. The van der Waals surface area contributed by atoms with Gasteiger partial charge in [-0.25, -0.2) is 4.79 Å². The summed E-state index contributed by atoms with van der Waals surface area (Å²) in [6, 6.07) is 3.64. The van der Waals surface area contributed by atoms with E-state index in [2.05, 4.69) is 0 Å². The molecule has 1 aliphatic rings. The first-order valence-electron chi connectivity index (χ1n) is 8.57. The Morgan fingerprint density at radius 1 is 1.15 bits per heavy atom. The van der Waals surface area contributed by atoms with Gasteiger partial charge in [0.2, 0.25) is 0 Å². The van der Waals surface area contributed by atoms with Gasteiger partial charge in [-0.15, -0.1) is 0 Å². The lowest BCUT2D eigenvalue weighted by atomic mass is 10.0. The molecule has 1 unspecified atom stereocenters. The largest absolute Gasteiger partial charge is 0.331 e. The summed E-state index contributed by atoms with van der Waals surface area (Å²) in [5.74, 6) is -1.47. The molecule has 0 aliphatic carbocycles. The smallest absolute Gasteiger partial charge is 0.319 e. The van der Waals surface area contributed by atoms with Crippen LogP contribution in [-0.4, -0.2) is 71.8 Å². The lowest BCUT2D eigenvalue weighted by molar-refractivity contribution is -0.121. The molecule has 0 bridgehead atoms. The molecule has 144 valence electrons. The van der Waals surface area contributed by atoms with E-state index < -0.39 is 17.9 Å². The molecule has 8 nitrogen and oxygen atoms in total. The number of nitrogens with zero attached hydrogens (tertiary/aromatic N) is 3. The van der Waals surface area contributed by atoms with Crippen molar-refractivity contribution in [3.05, 3.63) is 34.9 Å². The van der Waals surface area contributed by atoms with E-state index in [1.165, 1.54) is 22.8 Å². The van der Waals surface area contributed by atoms with Gasteiger partial charge in [0.1, 0.15) is 6.29 Å². The summed E-state index contributed by atoms with van der Waals surface area (Å²) in [5, 5.41) is 0. The number of benzene rings is 1. The molecule has 0 spiro atoms. The molecule has 1 atom stereocenters. The molecule has 0 aromatic heterocycles. The summed E-state index contributed by atoms with van der Waals surface area (Å²) in [7, 11) is 4.84. The molecular formula is C19H23N3O5. The normalized spacial score (nSPS) is 14.0. The molecule has 0 N–H and O–H groups in total. The number of imide groups is 1. The lowest BCUT2D eigenvalue weighted by Crippen LogP contribution is -2.44. The second-order valence-corrected chi connectivity index (χ2v) is 6.72. The van der Waals surface area contributed by atoms with Gasteiger partial charge in [0.05, 0.1) is 17.2 Å². The van der Waals surface area contributed by atoms with Crippen LogP contribution in [0.3, 0.4) is 0 Å². The highest BCUT2D eigenvalue weighted by atomic mass is 16.2. The van der Waals surface area contributed by atoms with Crippen molar-refractivity contribution in [2.75, 3.05) is 21.1 Å². The fourth-order valence-corrected chi connectivity index (χ4v) is 3.19. The Kier molecular flexibility index (Phi) is 6.09. The highest BCUT2D eigenvalue weighted by molar-refractivity contribution is 6.23. The van der Waals surface area contributed by atoms with Crippen LogP contribution in [0.25, 0.3) is 0 Å². The summed E-state index contributed by atoms with van der Waals surface area (Å²) in [6.07, 6.45) is 0.824. The van der Waals surface area contributed by atoms with E-state index in [-0.39, 0.29) is 42.3 Å². The van der Waals surface area contributed by atoms with Gasteiger partial charge in [-0.05, 0) is 25.0 Å². The van der Waals surface area contributed by atoms with Crippen molar-refractivity contribution in [2.45, 2.75) is 32.4 Å². The minimum Gasteiger partial charge on any atom is -0.331 e. The third kappa shape index (κ3) is 3.89. The number of aldehydes is 1. The molecule has 8 heteroatoms. The molecule has 1 aromatic rings. The standard InChI is InChI=1S/C19H23N3O5/c1-12(24)15(9-6-10-23)22-17(25)14-8-5-7-13(16(14)18(22)26)11-21(4)19(27)20(2)3/h5,7-8,10,15H,6,9,11H2,1-4H3. The quantitative estimate of drug-likeness (QED) is 0.531. The Morgan fingerprint density at radius 3 is 2.37 bits per heavy atom. The molecular weight excluding hydrogens is 350 g/mol. The van der Waals surface area contributed by atoms with Gasteiger partial charge in [0.15, 0.2) is 5.78 Å². The molecule has 0 saturated carbocycles. The molecule has 1 aliphatic heterocycles. The Hall–Kier alpha value is -3.03. The van der Waals surface area contributed by atoms with Crippen LogP contribution in [0.5, 0.6) is 0 Å². The Bertz CT molecular complexity index is 803. The molecule has 2 rings (SSSR count). The summed E-state index contributed by atoms with van der Waals surface area (Å²) in [5.41, 5.74) is 0.947. The number of hydrogen-bond acceptors (Lipinski definition) is 5. The first-order valence-corrected chi connectivity index (χ1v) is 8.57. The van der Waals surface area contributed by atoms with Gasteiger partial charge < -0.3 is 14.6 Å². The zero-order valence-electron chi connectivity index (χ0n) is 15.9. The van der Waals surface area contributed by atoms with Crippen LogP contribution in [0, 0.1) is 0 Å². The fourth-order valence-electron chi connectivity index (χ4n) is 3.19. The first-order chi connectivity index (χ1) is 12.7. The van der Waals surface area contributed by atoms with Crippen LogP contribution >= 0.6 is 0 Å². The van der Waals surface area contributed by atoms with Gasteiger partial charge in [0.25, 0.3) is 11.8 Å². The topological polar surface area (TPSA) is 95.1 Å². The second-order valence-electron chi connectivity index (χ2n) is 6.72. The average Bonchev–Trinajstić information content (AvgIpc) is 2.87. The molecule has 1 heterocycles. The monoisotopic (exact) mass is 373 g/mol. The third-order valence-corrected chi connectivity index (χ3v) is 4.49. The van der Waals surface area contributed by atoms with Gasteiger partial charge in [-0.2, -0.15) is 0 Å². The lowest BCUT2D eigenvalue weighted by Gasteiger charge is -2.24. The van der Waals surface area contributed by atoms with Crippen molar-refractivity contribution in [2.24, 2.45) is 0 Å². The number of Topliss-reactive ketones (excluding diaryl/α,β-unsaturated/α-hetero) is 1. The van der Waals surface area contributed by atoms with E-state index in [1.807, 2.05) is 0 Å². The van der Waals surface area contributed by atoms with Crippen molar-refractivity contribution in [1.29, 1.82) is 0 Å². The highest BCUT2D eigenvalue weighted by Crippen LogP contribution is 2.29. The average molecular weight is 373 g/mol. The number of amides is 4. The van der Waals surface area contributed by atoms with Crippen LogP contribution < -0.4 is 0 Å². The summed E-state index contributed by atoms with van der Waals surface area (Å²) in [6.45, 7) is 1.44. The van der Waals surface area contributed by atoms with Crippen LogP contribution in [0.15, 0.2) is 18.2 Å². The molecule has 4 amide bonds. The first kappa shape index (κ1) is 20.3. The zero-order chi connectivity index (χ0) is 20.3. The maximum atomic E-state index is 13.0. The van der Waals surface area contributed by atoms with Gasteiger partial charge in [-0.3, -0.25) is 19.3 Å². The van der Waals surface area contributed by atoms with E-state index in [9.17, 15) is 24.0 Å². The molecule has 0 fully saturated rings. The highest BCUT2D eigenvalue weighted by Gasteiger charge is 2.42. The molecule has 27 heavy (non-hydrogen) atoms. The summed E-state index contributed by atoms with van der Waals surface area (Å²) < 4.78 is 0. The predicted octanol–water partition coefficient (Wildman–Crippen LogP) is 1.33. The zero-order valence-corrected chi connectivity index (χ0v) is 15.9. The van der Waals surface area contributed by atoms with E-state index in [1.54, 1.807) is 33.3 Å². The van der Waals surface area contributed by atoms with Gasteiger partial charge >= 0.3 is 6.03 Å². The maximum Gasteiger partial charge on any atom is 0.319 e.